The zero-order chi connectivity index (χ0) is 11.1. The van der Waals surface area contributed by atoms with Gasteiger partial charge in [0.15, 0.2) is 0 Å². The Morgan fingerprint density at radius 1 is 1.47 bits per heavy atom. The van der Waals surface area contributed by atoms with Crippen LogP contribution in [0, 0.1) is 6.92 Å². The quantitative estimate of drug-likeness (QED) is 0.717. The Bertz CT molecular complexity index is 293. The highest BCUT2D eigenvalue weighted by atomic mass is 16.5. The lowest BCUT2D eigenvalue weighted by molar-refractivity contribution is 0.178. The number of aromatic nitrogens is 2. The Balaban J connectivity index is 2.29. The topological polar surface area (TPSA) is 73.1 Å². The van der Waals surface area contributed by atoms with E-state index in [1.165, 1.54) is 0 Å². The molecule has 5 nitrogen and oxygen atoms in total. The first-order chi connectivity index (χ1) is 7.24. The van der Waals surface area contributed by atoms with Crippen LogP contribution in [0.5, 0.6) is 0 Å². The molecule has 1 heterocycles. The number of ether oxygens (including phenoxy) is 1. The lowest BCUT2D eigenvalue weighted by Gasteiger charge is -2.11. The molecule has 0 radical (unpaired) electrons. The van der Waals surface area contributed by atoms with Gasteiger partial charge in [-0.25, -0.2) is 4.98 Å². The molecule has 0 bridgehead atoms. The zero-order valence-corrected chi connectivity index (χ0v) is 9.23. The molecule has 0 saturated carbocycles. The maximum atomic E-state index is 5.79. The minimum absolute atomic E-state index is 0.0690. The monoisotopic (exact) mass is 210 g/mol. The van der Waals surface area contributed by atoms with E-state index in [0.717, 1.165) is 24.5 Å². The van der Waals surface area contributed by atoms with Crippen LogP contribution in [0.4, 0.5) is 5.82 Å². The maximum Gasteiger partial charge on any atom is 0.147 e. The van der Waals surface area contributed by atoms with Gasteiger partial charge in [-0.05, 0) is 13.3 Å². The fraction of sp³-hybridized carbons (Fsp3) is 0.600. The number of methoxy groups -OCH3 is 1. The van der Waals surface area contributed by atoms with Crippen molar-refractivity contribution in [2.75, 3.05) is 25.6 Å². The molecule has 1 rings (SSSR count). The zero-order valence-electron chi connectivity index (χ0n) is 9.23. The van der Waals surface area contributed by atoms with Crippen molar-refractivity contribution in [2.24, 2.45) is 5.73 Å². The average molecular weight is 210 g/mol. The van der Waals surface area contributed by atoms with Crippen LogP contribution in [-0.4, -0.2) is 36.3 Å². The summed E-state index contributed by atoms with van der Waals surface area (Å²) in [6, 6.07) is 0.0690. The van der Waals surface area contributed by atoms with Gasteiger partial charge < -0.3 is 15.8 Å². The Labute approximate surface area is 90.1 Å². The summed E-state index contributed by atoms with van der Waals surface area (Å²) in [6.07, 6.45) is 4.20. The highest BCUT2D eigenvalue weighted by Gasteiger charge is 2.02. The van der Waals surface area contributed by atoms with Gasteiger partial charge >= 0.3 is 0 Å². The molecule has 15 heavy (non-hydrogen) atoms. The predicted octanol–water partition coefficient (Wildman–Crippen LogP) is 0.561. The Morgan fingerprint density at radius 2 is 2.20 bits per heavy atom. The summed E-state index contributed by atoms with van der Waals surface area (Å²) in [5.41, 5.74) is 6.69. The Morgan fingerprint density at radius 3 is 2.87 bits per heavy atom. The molecular weight excluding hydrogens is 192 g/mol. The van der Waals surface area contributed by atoms with E-state index >= 15 is 0 Å². The maximum absolute atomic E-state index is 5.79. The number of anilines is 1. The molecule has 0 amide bonds. The van der Waals surface area contributed by atoms with E-state index in [4.69, 9.17) is 10.5 Å². The Kier molecular flexibility index (Phi) is 5.00. The van der Waals surface area contributed by atoms with Gasteiger partial charge in [0.2, 0.25) is 0 Å². The van der Waals surface area contributed by atoms with E-state index < -0.39 is 0 Å². The molecule has 0 spiro atoms. The Hall–Kier alpha value is -1.20. The van der Waals surface area contributed by atoms with E-state index in [1.54, 1.807) is 19.5 Å². The predicted molar refractivity (Wildman–Crippen MR) is 59.7 cm³/mol. The number of nitrogens with zero attached hydrogens (tertiary/aromatic N) is 2. The smallest absolute Gasteiger partial charge is 0.147 e. The second-order valence-electron chi connectivity index (χ2n) is 3.42. The molecule has 84 valence electrons. The lowest BCUT2D eigenvalue weighted by atomic mass is 10.2. The van der Waals surface area contributed by atoms with Gasteiger partial charge in [-0.1, -0.05) is 0 Å². The molecule has 5 heteroatoms. The fourth-order valence-corrected chi connectivity index (χ4v) is 1.25. The van der Waals surface area contributed by atoms with E-state index in [0.29, 0.717) is 6.61 Å². The average Bonchev–Trinajstić information content (AvgIpc) is 2.21. The SMILES string of the molecule is COCC(N)CCNc1nccnc1C. The summed E-state index contributed by atoms with van der Waals surface area (Å²) < 4.78 is 4.95. The second kappa shape index (κ2) is 6.31. The highest BCUT2D eigenvalue weighted by Crippen LogP contribution is 2.05. The standard InChI is InChI=1S/C10H18N4O/c1-8-10(14-6-5-12-8)13-4-3-9(11)7-15-2/h5-6,9H,3-4,7,11H2,1-2H3,(H,13,14). The number of rotatable bonds is 6. The second-order valence-corrected chi connectivity index (χ2v) is 3.42. The van der Waals surface area contributed by atoms with E-state index in [1.807, 2.05) is 6.92 Å². The molecule has 0 aliphatic rings. The summed E-state index contributed by atoms with van der Waals surface area (Å²) >= 11 is 0. The number of nitrogens with one attached hydrogen (secondary N) is 1. The molecule has 1 atom stereocenters. The van der Waals surface area contributed by atoms with Crippen molar-refractivity contribution >= 4 is 5.82 Å². The minimum Gasteiger partial charge on any atom is -0.383 e. The van der Waals surface area contributed by atoms with Crippen LogP contribution in [0.1, 0.15) is 12.1 Å². The van der Waals surface area contributed by atoms with Crippen molar-refractivity contribution in [3.63, 3.8) is 0 Å². The highest BCUT2D eigenvalue weighted by molar-refractivity contribution is 5.37. The normalized spacial score (nSPS) is 12.5. The van der Waals surface area contributed by atoms with E-state index in [2.05, 4.69) is 15.3 Å². The number of aryl methyl sites for hydroxylation is 1. The van der Waals surface area contributed by atoms with Gasteiger partial charge in [-0.2, -0.15) is 0 Å². The molecule has 0 fully saturated rings. The first-order valence-electron chi connectivity index (χ1n) is 5.00. The van der Waals surface area contributed by atoms with Gasteiger partial charge in [0.25, 0.3) is 0 Å². The summed E-state index contributed by atoms with van der Waals surface area (Å²) in [5.74, 6) is 0.821. The summed E-state index contributed by atoms with van der Waals surface area (Å²) in [7, 11) is 1.65. The molecule has 0 saturated heterocycles. The van der Waals surface area contributed by atoms with Crippen LogP contribution in [0.15, 0.2) is 12.4 Å². The van der Waals surface area contributed by atoms with Gasteiger partial charge in [0.1, 0.15) is 5.82 Å². The van der Waals surface area contributed by atoms with Gasteiger partial charge in [-0.3, -0.25) is 4.98 Å². The molecule has 1 aromatic rings. The van der Waals surface area contributed by atoms with Crippen LogP contribution in [0.25, 0.3) is 0 Å². The molecular formula is C10H18N4O. The molecule has 1 aromatic heterocycles. The number of hydrogen-bond acceptors (Lipinski definition) is 5. The summed E-state index contributed by atoms with van der Waals surface area (Å²) in [4.78, 5) is 8.31. The molecule has 1 unspecified atom stereocenters. The lowest BCUT2D eigenvalue weighted by Crippen LogP contribution is -2.28. The number of nitrogens with two attached hydrogens (primary N) is 1. The first kappa shape index (κ1) is 11.9. The summed E-state index contributed by atoms with van der Waals surface area (Å²) in [6.45, 7) is 3.29. The molecule has 0 aromatic carbocycles. The molecule has 0 aliphatic heterocycles. The van der Waals surface area contributed by atoms with Gasteiger partial charge in [0, 0.05) is 32.1 Å². The van der Waals surface area contributed by atoms with Crippen LogP contribution in [0.2, 0.25) is 0 Å². The summed E-state index contributed by atoms with van der Waals surface area (Å²) in [5, 5.41) is 3.19. The van der Waals surface area contributed by atoms with Crippen molar-refractivity contribution in [3.05, 3.63) is 18.1 Å². The third-order valence-corrected chi connectivity index (χ3v) is 2.07. The molecule has 0 aliphatic carbocycles. The van der Waals surface area contributed by atoms with Crippen molar-refractivity contribution in [3.8, 4) is 0 Å². The molecule has 3 N–H and O–H groups in total. The van der Waals surface area contributed by atoms with Crippen molar-refractivity contribution in [1.29, 1.82) is 0 Å². The van der Waals surface area contributed by atoms with Crippen molar-refractivity contribution in [2.45, 2.75) is 19.4 Å². The van der Waals surface area contributed by atoms with E-state index in [-0.39, 0.29) is 6.04 Å². The van der Waals surface area contributed by atoms with Gasteiger partial charge in [-0.15, -0.1) is 0 Å². The van der Waals surface area contributed by atoms with Crippen LogP contribution < -0.4 is 11.1 Å². The van der Waals surface area contributed by atoms with Crippen LogP contribution in [0.3, 0.4) is 0 Å². The van der Waals surface area contributed by atoms with Crippen molar-refractivity contribution < 1.29 is 4.74 Å². The third-order valence-electron chi connectivity index (χ3n) is 2.07. The minimum atomic E-state index is 0.0690. The van der Waals surface area contributed by atoms with Crippen LogP contribution >= 0.6 is 0 Å². The number of hydrogen-bond donors (Lipinski definition) is 2. The van der Waals surface area contributed by atoms with Crippen molar-refractivity contribution in [1.82, 2.24) is 9.97 Å². The fourth-order valence-electron chi connectivity index (χ4n) is 1.25. The van der Waals surface area contributed by atoms with Gasteiger partial charge in [0.05, 0.1) is 12.3 Å². The van der Waals surface area contributed by atoms with Crippen LogP contribution in [-0.2, 0) is 4.74 Å². The van der Waals surface area contributed by atoms with E-state index in [9.17, 15) is 0 Å². The third kappa shape index (κ3) is 4.22. The first-order valence-corrected chi connectivity index (χ1v) is 5.00. The largest absolute Gasteiger partial charge is 0.383 e.